The van der Waals surface area contributed by atoms with E-state index in [4.69, 9.17) is 0 Å². The molecular formula is C6H7NO. The van der Waals surface area contributed by atoms with Crippen molar-refractivity contribution in [3.8, 4) is 0 Å². The second-order valence-electron chi connectivity index (χ2n) is 2.46. The van der Waals surface area contributed by atoms with Crippen molar-refractivity contribution in [2.24, 2.45) is 16.8 Å². The monoisotopic (exact) mass is 109 g/mol. The van der Waals surface area contributed by atoms with Crippen LogP contribution in [0.3, 0.4) is 0 Å². The molecule has 42 valence electrons. The lowest BCUT2D eigenvalue weighted by Gasteiger charge is -1.96. The van der Waals surface area contributed by atoms with Crippen LogP contribution in [0.5, 0.6) is 0 Å². The number of Topliss-reactive ketones (excluding diaryl/α,β-unsaturated/α-hetero) is 1. The van der Waals surface area contributed by atoms with E-state index in [1.165, 1.54) is 0 Å². The first-order valence-electron chi connectivity index (χ1n) is 2.90. The van der Waals surface area contributed by atoms with E-state index in [0.29, 0.717) is 24.2 Å². The smallest absolute Gasteiger partial charge is 0.157 e. The third-order valence-electron chi connectivity index (χ3n) is 1.80. The number of aliphatic imine (C=N–C) groups is 1. The van der Waals surface area contributed by atoms with Crippen molar-refractivity contribution in [2.75, 3.05) is 6.54 Å². The number of hydrogen-bond donors (Lipinski definition) is 0. The molecule has 2 nitrogen and oxygen atoms in total. The summed E-state index contributed by atoms with van der Waals surface area (Å²) in [5.74, 6) is 1.27. The topological polar surface area (TPSA) is 29.4 Å². The van der Waals surface area contributed by atoms with E-state index < -0.39 is 0 Å². The van der Waals surface area contributed by atoms with Crippen molar-refractivity contribution in [2.45, 2.75) is 6.42 Å². The van der Waals surface area contributed by atoms with Gasteiger partial charge in [-0.05, 0) is 6.42 Å². The van der Waals surface area contributed by atoms with Gasteiger partial charge in [0.2, 0.25) is 0 Å². The van der Waals surface area contributed by atoms with Gasteiger partial charge in [-0.2, -0.15) is 0 Å². The van der Waals surface area contributed by atoms with E-state index >= 15 is 0 Å². The van der Waals surface area contributed by atoms with Crippen molar-refractivity contribution >= 4 is 12.0 Å². The number of nitrogens with zero attached hydrogens (tertiary/aromatic N) is 1. The largest absolute Gasteiger partial charge is 0.297 e. The highest BCUT2D eigenvalue weighted by atomic mass is 16.1. The Kier molecular flexibility index (Phi) is 0.629. The zero-order chi connectivity index (χ0) is 5.56. The Morgan fingerprint density at radius 1 is 1.75 bits per heavy atom. The summed E-state index contributed by atoms with van der Waals surface area (Å²) in [7, 11) is 0. The van der Waals surface area contributed by atoms with Crippen LogP contribution in [0.1, 0.15) is 6.42 Å². The number of rotatable bonds is 0. The van der Waals surface area contributed by atoms with Gasteiger partial charge in [0.25, 0.3) is 0 Å². The Morgan fingerprint density at radius 2 is 2.62 bits per heavy atom. The van der Waals surface area contributed by atoms with Gasteiger partial charge in [0.15, 0.2) is 5.78 Å². The molecule has 1 fully saturated rings. The molecular weight excluding hydrogens is 102 g/mol. The van der Waals surface area contributed by atoms with Crippen LogP contribution in [0.15, 0.2) is 4.99 Å². The Morgan fingerprint density at radius 3 is 3.25 bits per heavy atom. The third-order valence-corrected chi connectivity index (χ3v) is 1.80. The first kappa shape index (κ1) is 4.24. The van der Waals surface area contributed by atoms with Crippen LogP contribution >= 0.6 is 0 Å². The normalized spacial score (nSPS) is 41.8. The number of ketones is 1. The third kappa shape index (κ3) is 0.427. The fourth-order valence-corrected chi connectivity index (χ4v) is 1.14. The fraction of sp³-hybridized carbons (Fsp3) is 0.667. The van der Waals surface area contributed by atoms with Crippen LogP contribution in [-0.2, 0) is 4.79 Å². The van der Waals surface area contributed by atoms with E-state index in [1.54, 1.807) is 0 Å². The lowest BCUT2D eigenvalue weighted by atomic mass is 10.2. The molecule has 8 heavy (non-hydrogen) atoms. The first-order chi connectivity index (χ1) is 3.88. The molecule has 0 bridgehead atoms. The van der Waals surface area contributed by atoms with E-state index in [0.717, 1.165) is 6.42 Å². The maximum absolute atomic E-state index is 10.7. The van der Waals surface area contributed by atoms with Crippen LogP contribution in [0, 0.1) is 11.8 Å². The Labute approximate surface area is 47.6 Å². The molecule has 0 aromatic carbocycles. The maximum Gasteiger partial charge on any atom is 0.157 e. The molecule has 0 amide bonds. The van der Waals surface area contributed by atoms with Crippen molar-refractivity contribution < 1.29 is 4.79 Å². The van der Waals surface area contributed by atoms with Crippen LogP contribution in [0.25, 0.3) is 0 Å². The highest BCUT2D eigenvalue weighted by molar-refractivity contribution is 5.93. The molecule has 1 aliphatic carbocycles. The van der Waals surface area contributed by atoms with Gasteiger partial charge in [-0.3, -0.25) is 9.79 Å². The minimum Gasteiger partial charge on any atom is -0.297 e. The Bertz CT molecular complexity index is 162. The van der Waals surface area contributed by atoms with Crippen molar-refractivity contribution in [1.29, 1.82) is 0 Å². The minimum absolute atomic E-state index is 0.345. The lowest BCUT2D eigenvalue weighted by molar-refractivity contribution is -0.119. The molecule has 2 unspecified atom stereocenters. The summed E-state index contributed by atoms with van der Waals surface area (Å²) in [5, 5.41) is 0. The predicted octanol–water partition coefficient (Wildman–Crippen LogP) is 0.276. The van der Waals surface area contributed by atoms with Crippen molar-refractivity contribution in [3.05, 3.63) is 0 Å². The zero-order valence-electron chi connectivity index (χ0n) is 4.50. The zero-order valence-corrected chi connectivity index (χ0v) is 4.50. The standard InChI is InChI=1S/C6H7NO/c8-6-3-7-2-4-1-5(4)6/h2,4-5H,1,3H2. The highest BCUT2D eigenvalue weighted by Gasteiger charge is 2.42. The van der Waals surface area contributed by atoms with Crippen molar-refractivity contribution in [3.63, 3.8) is 0 Å². The molecule has 2 atom stereocenters. The highest BCUT2D eigenvalue weighted by Crippen LogP contribution is 2.39. The van der Waals surface area contributed by atoms with Gasteiger partial charge < -0.3 is 0 Å². The summed E-state index contributed by atoms with van der Waals surface area (Å²) in [5.41, 5.74) is 0. The molecule has 1 saturated carbocycles. The molecule has 1 aliphatic heterocycles. The number of carbonyl (C=O) groups is 1. The van der Waals surface area contributed by atoms with Gasteiger partial charge >= 0.3 is 0 Å². The van der Waals surface area contributed by atoms with E-state index in [2.05, 4.69) is 4.99 Å². The Hall–Kier alpha value is -0.660. The van der Waals surface area contributed by atoms with Gasteiger partial charge in [-0.15, -0.1) is 0 Å². The molecule has 2 heteroatoms. The molecule has 1 heterocycles. The molecule has 0 N–H and O–H groups in total. The van der Waals surface area contributed by atoms with Crippen LogP contribution in [0.4, 0.5) is 0 Å². The SMILES string of the molecule is O=C1CN=CC2CC12. The number of hydrogen-bond acceptors (Lipinski definition) is 2. The molecule has 0 aromatic heterocycles. The van der Waals surface area contributed by atoms with Gasteiger partial charge in [0.1, 0.15) is 0 Å². The van der Waals surface area contributed by atoms with Gasteiger partial charge in [0.05, 0.1) is 6.54 Å². The minimum atomic E-state index is 0.345. The molecule has 0 radical (unpaired) electrons. The average Bonchev–Trinajstić information content (AvgIpc) is 2.45. The van der Waals surface area contributed by atoms with E-state index in [-0.39, 0.29) is 0 Å². The first-order valence-corrected chi connectivity index (χ1v) is 2.90. The second-order valence-corrected chi connectivity index (χ2v) is 2.46. The molecule has 0 saturated heterocycles. The van der Waals surface area contributed by atoms with Gasteiger partial charge in [-0.25, -0.2) is 0 Å². The number of fused-ring (bicyclic) bond motifs is 1. The molecule has 0 aromatic rings. The molecule has 2 rings (SSSR count). The summed E-state index contributed by atoms with van der Waals surface area (Å²) in [6, 6.07) is 0. The predicted molar refractivity (Wildman–Crippen MR) is 30.0 cm³/mol. The summed E-state index contributed by atoms with van der Waals surface area (Å²) in [6.45, 7) is 0.446. The summed E-state index contributed by atoms with van der Waals surface area (Å²) in [4.78, 5) is 14.6. The summed E-state index contributed by atoms with van der Waals surface area (Å²) < 4.78 is 0. The van der Waals surface area contributed by atoms with Crippen LogP contribution in [0.2, 0.25) is 0 Å². The maximum atomic E-state index is 10.7. The van der Waals surface area contributed by atoms with E-state index in [9.17, 15) is 4.79 Å². The summed E-state index contributed by atoms with van der Waals surface area (Å²) in [6.07, 6.45) is 2.99. The number of carbonyl (C=O) groups excluding carboxylic acids is 1. The summed E-state index contributed by atoms with van der Waals surface area (Å²) >= 11 is 0. The second kappa shape index (κ2) is 1.19. The molecule has 0 spiro atoms. The van der Waals surface area contributed by atoms with Crippen LogP contribution < -0.4 is 0 Å². The Balaban J connectivity index is 2.25. The van der Waals surface area contributed by atoms with Gasteiger partial charge in [-0.1, -0.05) is 0 Å². The van der Waals surface area contributed by atoms with Gasteiger partial charge in [0, 0.05) is 18.1 Å². The average molecular weight is 109 g/mol. The quantitative estimate of drug-likeness (QED) is 0.439. The van der Waals surface area contributed by atoms with Crippen molar-refractivity contribution in [1.82, 2.24) is 0 Å². The fourth-order valence-electron chi connectivity index (χ4n) is 1.14. The van der Waals surface area contributed by atoms with E-state index in [1.807, 2.05) is 6.21 Å². The van der Waals surface area contributed by atoms with Crippen LogP contribution in [-0.4, -0.2) is 18.5 Å². The lowest BCUT2D eigenvalue weighted by Crippen LogP contribution is -2.11. The molecule has 2 aliphatic rings.